The van der Waals surface area contributed by atoms with Gasteiger partial charge in [0.2, 0.25) is 11.6 Å². The maximum atomic E-state index is 12.7. The van der Waals surface area contributed by atoms with E-state index < -0.39 is 11.6 Å². The number of nitrogens with zero attached hydrogens (tertiary/aromatic N) is 4. The van der Waals surface area contributed by atoms with Gasteiger partial charge < -0.3 is 10.1 Å². The molecule has 0 unspecified atom stereocenters. The number of nitrogens with one attached hydrogen (secondary N) is 1. The normalized spacial score (nSPS) is 10.9. The minimum absolute atomic E-state index is 0.175. The molecule has 2 aromatic carbocycles. The summed E-state index contributed by atoms with van der Waals surface area (Å²) in [6.07, 6.45) is 2.92. The van der Waals surface area contributed by atoms with Crippen LogP contribution in [0.25, 0.3) is 5.65 Å². The standard InChI is InChI=1S/C21H18ClN5O3/c1-13-6-3-4-9-17(13)30-20-19-25-27(21(29)26(19)11-10-23-20)12-18(28)24-16-8-5-7-15(22)14(16)2/h3-11H,12H2,1-2H3,(H,24,28). The third-order valence-electron chi connectivity index (χ3n) is 4.60. The van der Waals surface area contributed by atoms with Crippen LogP contribution in [0.15, 0.2) is 59.7 Å². The fourth-order valence-electron chi connectivity index (χ4n) is 2.94. The van der Waals surface area contributed by atoms with Crippen molar-refractivity contribution < 1.29 is 9.53 Å². The molecule has 0 atom stereocenters. The molecule has 0 saturated carbocycles. The van der Waals surface area contributed by atoms with Crippen LogP contribution in [0.2, 0.25) is 5.02 Å². The van der Waals surface area contributed by atoms with Gasteiger partial charge in [-0.15, -0.1) is 5.10 Å². The summed E-state index contributed by atoms with van der Waals surface area (Å²) in [7, 11) is 0. The fourth-order valence-corrected chi connectivity index (χ4v) is 3.12. The molecule has 0 spiro atoms. The highest BCUT2D eigenvalue weighted by atomic mass is 35.5. The van der Waals surface area contributed by atoms with Crippen molar-refractivity contribution in [1.82, 2.24) is 19.2 Å². The quantitative estimate of drug-likeness (QED) is 0.529. The van der Waals surface area contributed by atoms with Gasteiger partial charge in [0.25, 0.3) is 5.88 Å². The molecule has 0 bridgehead atoms. The highest BCUT2D eigenvalue weighted by Crippen LogP contribution is 2.25. The van der Waals surface area contributed by atoms with Crippen molar-refractivity contribution in [2.24, 2.45) is 0 Å². The average Bonchev–Trinajstić information content (AvgIpc) is 3.04. The highest BCUT2D eigenvalue weighted by molar-refractivity contribution is 6.31. The molecule has 1 amide bonds. The minimum Gasteiger partial charge on any atom is -0.436 e. The van der Waals surface area contributed by atoms with E-state index in [4.69, 9.17) is 16.3 Å². The molecule has 8 nitrogen and oxygen atoms in total. The molecule has 0 radical (unpaired) electrons. The van der Waals surface area contributed by atoms with Crippen molar-refractivity contribution in [1.29, 1.82) is 0 Å². The first-order valence-electron chi connectivity index (χ1n) is 9.16. The third-order valence-corrected chi connectivity index (χ3v) is 5.01. The molecule has 2 aromatic heterocycles. The Morgan fingerprint density at radius 2 is 1.97 bits per heavy atom. The summed E-state index contributed by atoms with van der Waals surface area (Å²) in [6.45, 7) is 3.44. The Morgan fingerprint density at radius 3 is 2.77 bits per heavy atom. The maximum absolute atomic E-state index is 12.7. The van der Waals surface area contributed by atoms with Gasteiger partial charge in [-0.05, 0) is 43.2 Å². The molecule has 9 heteroatoms. The van der Waals surface area contributed by atoms with E-state index in [1.165, 1.54) is 16.8 Å². The number of aryl methyl sites for hydroxylation is 1. The lowest BCUT2D eigenvalue weighted by Gasteiger charge is -2.09. The molecule has 2 heterocycles. The summed E-state index contributed by atoms with van der Waals surface area (Å²) in [5, 5.41) is 7.55. The summed E-state index contributed by atoms with van der Waals surface area (Å²) in [5.41, 5.74) is 1.99. The van der Waals surface area contributed by atoms with E-state index in [0.717, 1.165) is 15.8 Å². The molecule has 4 rings (SSSR count). The van der Waals surface area contributed by atoms with Crippen LogP contribution in [0.5, 0.6) is 11.6 Å². The Balaban J connectivity index is 1.62. The van der Waals surface area contributed by atoms with E-state index in [2.05, 4.69) is 15.4 Å². The summed E-state index contributed by atoms with van der Waals surface area (Å²) in [5.74, 6) is 0.378. The molecule has 30 heavy (non-hydrogen) atoms. The number of hydrogen-bond donors (Lipinski definition) is 1. The number of para-hydroxylation sites is 1. The molecule has 4 aromatic rings. The van der Waals surface area contributed by atoms with Crippen molar-refractivity contribution in [3.63, 3.8) is 0 Å². The number of fused-ring (bicyclic) bond motifs is 1. The average molecular weight is 424 g/mol. The van der Waals surface area contributed by atoms with Crippen molar-refractivity contribution in [2.75, 3.05) is 5.32 Å². The Hall–Kier alpha value is -3.65. The Kier molecular flexibility index (Phi) is 5.24. The summed E-state index contributed by atoms with van der Waals surface area (Å²) in [4.78, 5) is 29.4. The zero-order valence-corrected chi connectivity index (χ0v) is 17.1. The van der Waals surface area contributed by atoms with Crippen molar-refractivity contribution in [2.45, 2.75) is 20.4 Å². The van der Waals surface area contributed by atoms with Crippen LogP contribution in [0.4, 0.5) is 5.69 Å². The smallest absolute Gasteiger partial charge is 0.351 e. The van der Waals surface area contributed by atoms with Crippen LogP contribution in [-0.4, -0.2) is 25.1 Å². The monoisotopic (exact) mass is 423 g/mol. The summed E-state index contributed by atoms with van der Waals surface area (Å²) >= 11 is 6.09. The minimum atomic E-state index is -0.472. The Bertz CT molecular complexity index is 1310. The molecule has 0 saturated heterocycles. The lowest BCUT2D eigenvalue weighted by molar-refractivity contribution is -0.117. The van der Waals surface area contributed by atoms with E-state index in [9.17, 15) is 9.59 Å². The SMILES string of the molecule is Cc1ccccc1Oc1nccn2c(=O)n(CC(=O)Nc3cccc(Cl)c3C)nc12. The Labute approximate surface area is 176 Å². The van der Waals surface area contributed by atoms with E-state index in [1.807, 2.05) is 25.1 Å². The molecule has 0 aliphatic heterocycles. The second-order valence-electron chi connectivity index (χ2n) is 6.69. The zero-order chi connectivity index (χ0) is 21.3. The number of anilines is 1. The number of carbonyl (C=O) groups excluding carboxylic acids is 1. The fraction of sp³-hybridized carbons (Fsp3) is 0.143. The molecular weight excluding hydrogens is 406 g/mol. The molecular formula is C21H18ClN5O3. The van der Waals surface area contributed by atoms with Crippen LogP contribution < -0.4 is 15.7 Å². The number of aromatic nitrogens is 4. The number of carbonyl (C=O) groups is 1. The Morgan fingerprint density at radius 1 is 1.17 bits per heavy atom. The van der Waals surface area contributed by atoms with E-state index in [0.29, 0.717) is 16.5 Å². The van der Waals surface area contributed by atoms with Crippen LogP contribution in [0.1, 0.15) is 11.1 Å². The van der Waals surface area contributed by atoms with Crippen LogP contribution in [0.3, 0.4) is 0 Å². The summed E-state index contributed by atoms with van der Waals surface area (Å²) < 4.78 is 8.22. The van der Waals surface area contributed by atoms with Crippen LogP contribution >= 0.6 is 11.6 Å². The second kappa shape index (κ2) is 8.00. The molecule has 0 aliphatic rings. The van der Waals surface area contributed by atoms with Gasteiger partial charge in [0.1, 0.15) is 12.3 Å². The molecule has 1 N–H and O–H groups in total. The first kappa shape index (κ1) is 19.7. The predicted octanol–water partition coefficient (Wildman–Crippen LogP) is 3.59. The molecule has 152 valence electrons. The largest absolute Gasteiger partial charge is 0.436 e. The van der Waals surface area contributed by atoms with Crippen molar-refractivity contribution >= 4 is 28.8 Å². The predicted molar refractivity (Wildman–Crippen MR) is 113 cm³/mol. The first-order valence-corrected chi connectivity index (χ1v) is 9.54. The topological polar surface area (TPSA) is 90.5 Å². The second-order valence-corrected chi connectivity index (χ2v) is 7.10. The van der Waals surface area contributed by atoms with Gasteiger partial charge in [-0.25, -0.2) is 18.9 Å². The summed E-state index contributed by atoms with van der Waals surface area (Å²) in [6, 6.07) is 12.7. The van der Waals surface area contributed by atoms with E-state index in [-0.39, 0.29) is 18.1 Å². The number of ether oxygens (including phenoxy) is 1. The first-order chi connectivity index (χ1) is 14.4. The van der Waals surface area contributed by atoms with E-state index >= 15 is 0 Å². The number of hydrogen-bond acceptors (Lipinski definition) is 5. The zero-order valence-electron chi connectivity index (χ0n) is 16.3. The van der Waals surface area contributed by atoms with Crippen LogP contribution in [0, 0.1) is 13.8 Å². The molecule has 0 aliphatic carbocycles. The van der Waals surface area contributed by atoms with E-state index in [1.54, 1.807) is 31.2 Å². The molecule has 0 fully saturated rings. The third kappa shape index (κ3) is 3.77. The number of rotatable bonds is 5. The van der Waals surface area contributed by atoms with Gasteiger partial charge in [-0.2, -0.15) is 0 Å². The lowest BCUT2D eigenvalue weighted by Crippen LogP contribution is -2.28. The number of benzene rings is 2. The van der Waals surface area contributed by atoms with Gasteiger partial charge in [0, 0.05) is 23.1 Å². The lowest BCUT2D eigenvalue weighted by atomic mass is 10.2. The van der Waals surface area contributed by atoms with Crippen molar-refractivity contribution in [3.8, 4) is 11.6 Å². The maximum Gasteiger partial charge on any atom is 0.351 e. The number of amides is 1. The van der Waals surface area contributed by atoms with Gasteiger partial charge in [-0.3, -0.25) is 4.79 Å². The van der Waals surface area contributed by atoms with Gasteiger partial charge >= 0.3 is 5.69 Å². The van der Waals surface area contributed by atoms with Crippen molar-refractivity contribution in [3.05, 3.63) is 81.5 Å². The van der Waals surface area contributed by atoms with Gasteiger partial charge in [0.05, 0.1) is 0 Å². The van der Waals surface area contributed by atoms with Crippen LogP contribution in [-0.2, 0) is 11.3 Å². The van der Waals surface area contributed by atoms with Gasteiger partial charge in [0.15, 0.2) is 0 Å². The van der Waals surface area contributed by atoms with Gasteiger partial charge in [-0.1, -0.05) is 35.9 Å². The number of halogens is 1. The highest BCUT2D eigenvalue weighted by Gasteiger charge is 2.16.